The molecule has 0 fully saturated rings. The van der Waals surface area contributed by atoms with Crippen molar-refractivity contribution in [3.8, 4) is 5.75 Å². The highest BCUT2D eigenvalue weighted by molar-refractivity contribution is 5.51. The maximum absolute atomic E-state index is 5.55. The van der Waals surface area contributed by atoms with Gasteiger partial charge in [0.25, 0.3) is 0 Å². The third-order valence-electron chi connectivity index (χ3n) is 2.65. The lowest BCUT2D eigenvalue weighted by atomic mass is 10.1. The first-order chi connectivity index (χ1) is 8.76. The van der Waals surface area contributed by atoms with Gasteiger partial charge in [0.15, 0.2) is 0 Å². The largest absolute Gasteiger partial charge is 0.494 e. The normalized spacial score (nSPS) is 12.8. The second-order valence-corrected chi connectivity index (χ2v) is 4.52. The van der Waals surface area contributed by atoms with E-state index in [9.17, 15) is 0 Å². The molecule has 0 aliphatic carbocycles. The van der Waals surface area contributed by atoms with E-state index < -0.39 is 0 Å². The Hall–Kier alpha value is -1.28. The summed E-state index contributed by atoms with van der Waals surface area (Å²) in [5, 5.41) is 3.43. The second kappa shape index (κ2) is 8.76. The molecule has 0 aliphatic rings. The van der Waals surface area contributed by atoms with Gasteiger partial charge in [0.1, 0.15) is 5.75 Å². The van der Waals surface area contributed by atoms with E-state index in [-0.39, 0.29) is 0 Å². The minimum absolute atomic E-state index is 0.418. The van der Waals surface area contributed by atoms with E-state index in [4.69, 9.17) is 4.74 Å². The molecule has 18 heavy (non-hydrogen) atoms. The number of ether oxygens (including phenoxy) is 1. The Labute approximate surface area is 111 Å². The van der Waals surface area contributed by atoms with E-state index in [1.165, 1.54) is 12.0 Å². The van der Waals surface area contributed by atoms with Crippen molar-refractivity contribution in [1.29, 1.82) is 0 Å². The first kappa shape index (κ1) is 14.8. The van der Waals surface area contributed by atoms with Crippen molar-refractivity contribution in [3.05, 3.63) is 35.9 Å². The molecule has 100 valence electrons. The molecule has 2 nitrogen and oxygen atoms in total. The molecule has 0 spiro atoms. The van der Waals surface area contributed by atoms with Gasteiger partial charge in [-0.05, 0) is 44.0 Å². The van der Waals surface area contributed by atoms with Gasteiger partial charge in [-0.3, -0.25) is 0 Å². The number of rotatable bonds is 8. The van der Waals surface area contributed by atoms with E-state index in [1.807, 2.05) is 12.1 Å². The topological polar surface area (TPSA) is 21.3 Å². The number of hydrogen-bond donors (Lipinski definition) is 1. The molecular formula is C16H25NO. The van der Waals surface area contributed by atoms with Gasteiger partial charge in [-0.15, -0.1) is 0 Å². The lowest BCUT2D eigenvalue weighted by Crippen LogP contribution is -2.24. The van der Waals surface area contributed by atoms with Gasteiger partial charge in [0.2, 0.25) is 0 Å². The lowest BCUT2D eigenvalue weighted by molar-refractivity contribution is 0.317. The Morgan fingerprint density at radius 1 is 1.17 bits per heavy atom. The minimum Gasteiger partial charge on any atom is -0.494 e. The summed E-state index contributed by atoms with van der Waals surface area (Å²) in [6, 6.07) is 8.65. The lowest BCUT2D eigenvalue weighted by Gasteiger charge is -2.07. The van der Waals surface area contributed by atoms with Crippen molar-refractivity contribution in [3.63, 3.8) is 0 Å². The molecule has 0 bridgehead atoms. The van der Waals surface area contributed by atoms with E-state index in [0.717, 1.165) is 25.3 Å². The second-order valence-electron chi connectivity index (χ2n) is 4.52. The zero-order chi connectivity index (χ0) is 13.2. The molecule has 0 radical (unpaired) electrons. The van der Waals surface area contributed by atoms with Crippen molar-refractivity contribution in [2.75, 3.05) is 13.2 Å². The summed E-state index contributed by atoms with van der Waals surface area (Å²) in [4.78, 5) is 0. The Kier molecular flexibility index (Phi) is 7.19. The molecule has 0 heterocycles. The molecule has 0 saturated heterocycles. The van der Waals surface area contributed by atoms with Gasteiger partial charge in [-0.1, -0.05) is 38.1 Å². The van der Waals surface area contributed by atoms with Gasteiger partial charge in [-0.25, -0.2) is 0 Å². The fraction of sp³-hybridized carbons (Fsp3) is 0.500. The van der Waals surface area contributed by atoms with Gasteiger partial charge >= 0.3 is 0 Å². The fourth-order valence-electron chi connectivity index (χ4n) is 1.59. The standard InChI is InChI=1S/C16H25NO/c1-4-12-17-14(3)6-7-15-8-10-16(11-9-15)18-13-5-2/h6-11,14,17H,4-5,12-13H2,1-3H3/b7-6+. The van der Waals surface area contributed by atoms with Crippen LogP contribution in [-0.2, 0) is 0 Å². The average molecular weight is 247 g/mol. The maximum atomic E-state index is 5.55. The highest BCUT2D eigenvalue weighted by Gasteiger charge is 1.95. The van der Waals surface area contributed by atoms with E-state index in [2.05, 4.69) is 50.4 Å². The number of hydrogen-bond acceptors (Lipinski definition) is 2. The summed E-state index contributed by atoms with van der Waals surface area (Å²) >= 11 is 0. The monoisotopic (exact) mass is 247 g/mol. The third kappa shape index (κ3) is 5.87. The van der Waals surface area contributed by atoms with Crippen molar-refractivity contribution < 1.29 is 4.74 Å². The summed E-state index contributed by atoms with van der Waals surface area (Å²) in [5.41, 5.74) is 1.21. The molecule has 1 aromatic rings. The van der Waals surface area contributed by atoms with Crippen LogP contribution in [0, 0.1) is 0 Å². The smallest absolute Gasteiger partial charge is 0.119 e. The highest BCUT2D eigenvalue weighted by Crippen LogP contribution is 2.13. The summed E-state index contributed by atoms with van der Waals surface area (Å²) < 4.78 is 5.55. The first-order valence-electron chi connectivity index (χ1n) is 6.90. The van der Waals surface area contributed by atoms with Crippen molar-refractivity contribution in [2.45, 2.75) is 39.7 Å². The summed E-state index contributed by atoms with van der Waals surface area (Å²) in [7, 11) is 0. The molecule has 1 unspecified atom stereocenters. The van der Waals surface area contributed by atoms with E-state index in [1.54, 1.807) is 0 Å². The molecule has 2 heteroatoms. The van der Waals surface area contributed by atoms with E-state index in [0.29, 0.717) is 6.04 Å². The molecule has 0 amide bonds. The van der Waals surface area contributed by atoms with Gasteiger partial charge < -0.3 is 10.1 Å². The molecule has 1 N–H and O–H groups in total. The van der Waals surface area contributed by atoms with Crippen LogP contribution in [0.25, 0.3) is 6.08 Å². The predicted molar refractivity (Wildman–Crippen MR) is 79.0 cm³/mol. The summed E-state index contributed by atoms with van der Waals surface area (Å²) in [6.07, 6.45) is 6.55. The molecule has 0 aromatic heterocycles. The fourth-order valence-corrected chi connectivity index (χ4v) is 1.59. The first-order valence-corrected chi connectivity index (χ1v) is 6.90. The molecule has 1 rings (SSSR count). The van der Waals surface area contributed by atoms with Crippen LogP contribution in [0.3, 0.4) is 0 Å². The zero-order valence-electron chi connectivity index (χ0n) is 11.8. The Morgan fingerprint density at radius 3 is 2.50 bits per heavy atom. The quantitative estimate of drug-likeness (QED) is 0.753. The van der Waals surface area contributed by atoms with Crippen LogP contribution in [0.2, 0.25) is 0 Å². The van der Waals surface area contributed by atoms with Crippen LogP contribution in [0.4, 0.5) is 0 Å². The zero-order valence-corrected chi connectivity index (χ0v) is 11.8. The van der Waals surface area contributed by atoms with Gasteiger partial charge in [-0.2, -0.15) is 0 Å². The highest BCUT2D eigenvalue weighted by atomic mass is 16.5. The Morgan fingerprint density at radius 2 is 1.89 bits per heavy atom. The minimum atomic E-state index is 0.418. The van der Waals surface area contributed by atoms with Crippen LogP contribution in [-0.4, -0.2) is 19.2 Å². The number of benzene rings is 1. The van der Waals surface area contributed by atoms with Crippen molar-refractivity contribution >= 4 is 6.08 Å². The SMILES string of the molecule is CCCNC(C)/C=C/c1ccc(OCCC)cc1. The van der Waals surface area contributed by atoms with Crippen LogP contribution < -0.4 is 10.1 Å². The van der Waals surface area contributed by atoms with E-state index >= 15 is 0 Å². The van der Waals surface area contributed by atoms with Crippen LogP contribution in [0.15, 0.2) is 30.3 Å². The maximum Gasteiger partial charge on any atom is 0.119 e. The van der Waals surface area contributed by atoms with Crippen molar-refractivity contribution in [1.82, 2.24) is 5.32 Å². The predicted octanol–water partition coefficient (Wildman–Crippen LogP) is 3.88. The van der Waals surface area contributed by atoms with Crippen LogP contribution in [0.1, 0.15) is 39.2 Å². The van der Waals surface area contributed by atoms with Crippen LogP contribution >= 0.6 is 0 Å². The average Bonchev–Trinajstić information content (AvgIpc) is 2.41. The Balaban J connectivity index is 2.44. The number of nitrogens with one attached hydrogen (secondary N) is 1. The molecule has 0 aliphatic heterocycles. The summed E-state index contributed by atoms with van der Waals surface area (Å²) in [5.74, 6) is 0.950. The molecular weight excluding hydrogens is 222 g/mol. The summed E-state index contributed by atoms with van der Waals surface area (Å²) in [6.45, 7) is 8.31. The molecule has 0 saturated carbocycles. The van der Waals surface area contributed by atoms with Crippen LogP contribution in [0.5, 0.6) is 5.75 Å². The Bertz CT molecular complexity index is 343. The molecule has 1 atom stereocenters. The van der Waals surface area contributed by atoms with Gasteiger partial charge in [0, 0.05) is 6.04 Å². The third-order valence-corrected chi connectivity index (χ3v) is 2.65. The molecule has 1 aromatic carbocycles. The van der Waals surface area contributed by atoms with Crippen molar-refractivity contribution in [2.24, 2.45) is 0 Å². The van der Waals surface area contributed by atoms with Gasteiger partial charge in [0.05, 0.1) is 6.61 Å².